The van der Waals surface area contributed by atoms with Crippen molar-refractivity contribution in [2.75, 3.05) is 0 Å². The Morgan fingerprint density at radius 3 is 2.33 bits per heavy atom. The summed E-state index contributed by atoms with van der Waals surface area (Å²) >= 11 is 0. The number of amides is 2. The predicted octanol–water partition coefficient (Wildman–Crippen LogP) is 3.05. The highest BCUT2D eigenvalue weighted by atomic mass is 16.2. The number of hydrogen-bond acceptors (Lipinski definition) is 3. The fraction of sp³-hybridized carbons (Fsp3) is 0.286. The van der Waals surface area contributed by atoms with Crippen LogP contribution in [0.1, 0.15) is 43.0 Å². The molecule has 6 nitrogen and oxygen atoms in total. The van der Waals surface area contributed by atoms with Gasteiger partial charge in [0.2, 0.25) is 5.91 Å². The second-order valence-corrected chi connectivity index (χ2v) is 6.83. The fourth-order valence-electron chi connectivity index (χ4n) is 3.04. The van der Waals surface area contributed by atoms with Crippen molar-refractivity contribution in [2.24, 2.45) is 0 Å². The van der Waals surface area contributed by atoms with Gasteiger partial charge in [-0.2, -0.15) is 0 Å². The van der Waals surface area contributed by atoms with E-state index in [1.807, 2.05) is 67.8 Å². The minimum atomic E-state index is -0.350. The second-order valence-electron chi connectivity index (χ2n) is 6.83. The Hall–Kier alpha value is -3.15. The smallest absolute Gasteiger partial charge is 0.251 e. The number of rotatable bonds is 6. The van der Waals surface area contributed by atoms with Crippen LogP contribution in [0.3, 0.4) is 0 Å². The van der Waals surface area contributed by atoms with Crippen LogP contribution >= 0.6 is 0 Å². The topological polar surface area (TPSA) is 76.0 Å². The first-order valence-corrected chi connectivity index (χ1v) is 9.06. The number of benzene rings is 2. The van der Waals surface area contributed by atoms with Crippen LogP contribution < -0.4 is 10.6 Å². The van der Waals surface area contributed by atoms with Crippen molar-refractivity contribution in [3.63, 3.8) is 0 Å². The summed E-state index contributed by atoms with van der Waals surface area (Å²) in [5.41, 5.74) is 2.25. The summed E-state index contributed by atoms with van der Waals surface area (Å²) in [5, 5.41) is 5.88. The van der Waals surface area contributed by atoms with Gasteiger partial charge in [-0.25, -0.2) is 4.98 Å². The molecule has 2 amide bonds. The summed E-state index contributed by atoms with van der Waals surface area (Å²) in [5.74, 6) is 0.392. The number of carbonyl (C=O) groups excluding carboxylic acids is 2. The third-order valence-electron chi connectivity index (χ3n) is 4.21. The fourth-order valence-corrected chi connectivity index (χ4v) is 3.04. The van der Waals surface area contributed by atoms with Gasteiger partial charge in [-0.1, -0.05) is 30.3 Å². The molecule has 140 valence electrons. The Balaban J connectivity index is 1.89. The molecule has 0 bridgehead atoms. The summed E-state index contributed by atoms with van der Waals surface area (Å²) in [4.78, 5) is 29.5. The van der Waals surface area contributed by atoms with Crippen LogP contribution in [-0.4, -0.2) is 27.4 Å². The minimum absolute atomic E-state index is 0.0611. The highest BCUT2D eigenvalue weighted by Gasteiger charge is 2.20. The Labute approximate surface area is 158 Å². The van der Waals surface area contributed by atoms with Crippen LogP contribution in [0.5, 0.6) is 0 Å². The van der Waals surface area contributed by atoms with Gasteiger partial charge in [-0.05, 0) is 45.0 Å². The predicted molar refractivity (Wildman–Crippen MR) is 105 cm³/mol. The van der Waals surface area contributed by atoms with Crippen molar-refractivity contribution in [1.82, 2.24) is 20.2 Å². The van der Waals surface area contributed by atoms with Crippen LogP contribution in [0.2, 0.25) is 0 Å². The third kappa shape index (κ3) is 4.34. The largest absolute Gasteiger partial charge is 0.352 e. The van der Waals surface area contributed by atoms with Crippen LogP contribution in [-0.2, 0) is 11.3 Å². The molecule has 1 unspecified atom stereocenters. The van der Waals surface area contributed by atoms with Gasteiger partial charge in [0.1, 0.15) is 12.4 Å². The number of imidazole rings is 1. The molecular weight excluding hydrogens is 340 g/mol. The highest BCUT2D eigenvalue weighted by Crippen LogP contribution is 2.21. The van der Waals surface area contributed by atoms with E-state index in [1.165, 1.54) is 0 Å². The monoisotopic (exact) mass is 364 g/mol. The van der Waals surface area contributed by atoms with Crippen LogP contribution in [0.15, 0.2) is 54.6 Å². The maximum absolute atomic E-state index is 12.5. The standard InChI is InChI=1S/C21H24N4O2/c1-14(2)22-19(26)13-25-18-12-8-7-11-17(18)24-20(25)15(3)23-21(27)16-9-5-4-6-10-16/h4-12,14-15H,13H2,1-3H3,(H,22,26)(H,23,27). The molecule has 3 aromatic rings. The normalized spacial score (nSPS) is 12.1. The van der Waals surface area contributed by atoms with E-state index in [-0.39, 0.29) is 30.4 Å². The number of aromatic nitrogens is 2. The van der Waals surface area contributed by atoms with Gasteiger partial charge in [-0.3, -0.25) is 9.59 Å². The molecule has 1 atom stereocenters. The lowest BCUT2D eigenvalue weighted by molar-refractivity contribution is -0.122. The van der Waals surface area contributed by atoms with Crippen LogP contribution in [0.4, 0.5) is 0 Å². The lowest BCUT2D eigenvalue weighted by Gasteiger charge is -2.17. The molecule has 0 aliphatic heterocycles. The number of nitrogens with one attached hydrogen (secondary N) is 2. The zero-order valence-corrected chi connectivity index (χ0v) is 15.8. The van der Waals surface area contributed by atoms with E-state index in [0.717, 1.165) is 11.0 Å². The van der Waals surface area contributed by atoms with Crippen molar-refractivity contribution in [3.05, 3.63) is 66.0 Å². The molecule has 1 aromatic heterocycles. The van der Waals surface area contributed by atoms with Crippen molar-refractivity contribution in [1.29, 1.82) is 0 Å². The van der Waals surface area contributed by atoms with Gasteiger partial charge < -0.3 is 15.2 Å². The van der Waals surface area contributed by atoms with E-state index in [2.05, 4.69) is 15.6 Å². The average Bonchev–Trinajstić information content (AvgIpc) is 3.00. The molecule has 0 saturated carbocycles. The molecule has 1 heterocycles. The highest BCUT2D eigenvalue weighted by molar-refractivity contribution is 5.94. The summed E-state index contributed by atoms with van der Waals surface area (Å²) < 4.78 is 1.86. The van der Waals surface area contributed by atoms with Crippen molar-refractivity contribution >= 4 is 22.8 Å². The average molecular weight is 364 g/mol. The van der Waals surface area contributed by atoms with Gasteiger partial charge in [0.25, 0.3) is 5.91 Å². The molecule has 0 aliphatic rings. The minimum Gasteiger partial charge on any atom is -0.352 e. The van der Waals surface area contributed by atoms with E-state index in [9.17, 15) is 9.59 Å². The Bertz CT molecular complexity index is 947. The zero-order chi connectivity index (χ0) is 19.4. The Kier molecular flexibility index (Phi) is 5.54. The number of para-hydroxylation sites is 2. The van der Waals surface area contributed by atoms with E-state index >= 15 is 0 Å². The second kappa shape index (κ2) is 8.03. The van der Waals surface area contributed by atoms with Gasteiger partial charge in [0.05, 0.1) is 17.1 Å². The Morgan fingerprint density at radius 2 is 1.63 bits per heavy atom. The summed E-state index contributed by atoms with van der Waals surface area (Å²) in [6.45, 7) is 5.87. The van der Waals surface area contributed by atoms with Crippen molar-refractivity contribution in [2.45, 2.75) is 39.4 Å². The van der Waals surface area contributed by atoms with E-state index in [4.69, 9.17) is 0 Å². The first-order valence-electron chi connectivity index (χ1n) is 9.06. The van der Waals surface area contributed by atoms with Gasteiger partial charge in [-0.15, -0.1) is 0 Å². The van der Waals surface area contributed by atoms with E-state index in [0.29, 0.717) is 11.4 Å². The third-order valence-corrected chi connectivity index (χ3v) is 4.21. The van der Waals surface area contributed by atoms with Gasteiger partial charge in [0, 0.05) is 11.6 Å². The molecule has 0 fully saturated rings. The first-order chi connectivity index (χ1) is 13.0. The summed E-state index contributed by atoms with van der Waals surface area (Å²) in [6, 6.07) is 16.4. The van der Waals surface area contributed by atoms with Crippen LogP contribution in [0.25, 0.3) is 11.0 Å². The summed E-state index contributed by atoms with van der Waals surface area (Å²) in [6.07, 6.45) is 0. The maximum Gasteiger partial charge on any atom is 0.251 e. The number of nitrogens with zero attached hydrogens (tertiary/aromatic N) is 2. The molecule has 0 saturated heterocycles. The lowest BCUT2D eigenvalue weighted by Crippen LogP contribution is -2.34. The molecule has 2 aromatic carbocycles. The molecule has 6 heteroatoms. The van der Waals surface area contributed by atoms with Gasteiger partial charge in [0.15, 0.2) is 0 Å². The number of hydrogen-bond donors (Lipinski definition) is 2. The Morgan fingerprint density at radius 1 is 0.963 bits per heavy atom. The van der Waals surface area contributed by atoms with Gasteiger partial charge >= 0.3 is 0 Å². The van der Waals surface area contributed by atoms with Crippen LogP contribution in [0, 0.1) is 0 Å². The molecule has 0 aliphatic carbocycles. The van der Waals surface area contributed by atoms with Crippen molar-refractivity contribution in [3.8, 4) is 0 Å². The van der Waals surface area contributed by atoms with Crippen molar-refractivity contribution < 1.29 is 9.59 Å². The zero-order valence-electron chi connectivity index (χ0n) is 15.8. The van der Waals surface area contributed by atoms with E-state index < -0.39 is 0 Å². The molecule has 2 N–H and O–H groups in total. The summed E-state index contributed by atoms with van der Waals surface area (Å²) in [7, 11) is 0. The molecule has 0 spiro atoms. The number of carbonyl (C=O) groups is 2. The first kappa shape index (κ1) is 18.6. The SMILES string of the molecule is CC(C)NC(=O)Cn1c(C(C)NC(=O)c2ccccc2)nc2ccccc21. The van der Waals surface area contributed by atoms with E-state index in [1.54, 1.807) is 12.1 Å². The quantitative estimate of drug-likeness (QED) is 0.706. The molecule has 27 heavy (non-hydrogen) atoms. The molecule has 0 radical (unpaired) electrons. The number of fused-ring (bicyclic) bond motifs is 1. The lowest BCUT2D eigenvalue weighted by atomic mass is 10.2. The molecular formula is C21H24N4O2. The molecule has 3 rings (SSSR count). The maximum atomic E-state index is 12.5.